The zero-order valence-electron chi connectivity index (χ0n) is 11.9. The number of nitrogens with zero attached hydrogens (tertiary/aromatic N) is 1. The summed E-state index contributed by atoms with van der Waals surface area (Å²) >= 11 is 0. The lowest BCUT2D eigenvalue weighted by Gasteiger charge is -2.38. The maximum atomic E-state index is 11.6. The van der Waals surface area contributed by atoms with Gasteiger partial charge in [-0.1, -0.05) is 6.42 Å². The number of furan rings is 1. The Labute approximate surface area is 114 Å². The number of likely N-dealkylation sites (tertiary alicyclic amines) is 1. The van der Waals surface area contributed by atoms with Gasteiger partial charge in [0.2, 0.25) is 0 Å². The number of aryl methyl sites for hydroxylation is 1. The predicted octanol–water partition coefficient (Wildman–Crippen LogP) is 1.95. The van der Waals surface area contributed by atoms with Crippen LogP contribution in [0.1, 0.15) is 55.0 Å². The minimum atomic E-state index is -0.299. The SMILES string of the molecule is Cc1oc(CN2[C@H](C)CCC[C@@H]2C)cc1C(=O)NN. The van der Waals surface area contributed by atoms with E-state index in [1.54, 1.807) is 13.0 Å². The van der Waals surface area contributed by atoms with Gasteiger partial charge in [-0.15, -0.1) is 0 Å². The molecule has 2 heterocycles. The summed E-state index contributed by atoms with van der Waals surface area (Å²) in [6, 6.07) is 2.91. The second-order valence-electron chi connectivity index (χ2n) is 5.46. The summed E-state index contributed by atoms with van der Waals surface area (Å²) in [6.45, 7) is 7.04. The molecular formula is C14H23N3O2. The highest BCUT2D eigenvalue weighted by atomic mass is 16.3. The molecule has 1 saturated heterocycles. The Hall–Kier alpha value is -1.33. The van der Waals surface area contributed by atoms with Crippen LogP contribution >= 0.6 is 0 Å². The molecule has 2 rings (SSSR count). The fourth-order valence-electron chi connectivity index (χ4n) is 2.89. The normalized spacial score (nSPS) is 24.4. The first-order valence-corrected chi connectivity index (χ1v) is 6.89. The van der Waals surface area contributed by atoms with Crippen molar-refractivity contribution in [3.05, 3.63) is 23.2 Å². The van der Waals surface area contributed by atoms with Crippen molar-refractivity contribution in [3.63, 3.8) is 0 Å². The molecule has 0 unspecified atom stereocenters. The lowest BCUT2D eigenvalue weighted by molar-refractivity contribution is 0.0868. The van der Waals surface area contributed by atoms with E-state index in [4.69, 9.17) is 10.3 Å². The van der Waals surface area contributed by atoms with Gasteiger partial charge in [-0.05, 0) is 39.7 Å². The standard InChI is InChI=1S/C14H23N3O2/c1-9-5-4-6-10(2)17(9)8-12-7-13(11(3)19-12)14(18)16-15/h7,9-10H,4-6,8,15H2,1-3H3,(H,16,18)/t9-,10+. The number of carbonyl (C=O) groups excluding carboxylic acids is 1. The second kappa shape index (κ2) is 5.75. The van der Waals surface area contributed by atoms with Crippen LogP contribution in [0.4, 0.5) is 0 Å². The van der Waals surface area contributed by atoms with E-state index in [0.29, 0.717) is 23.4 Å². The van der Waals surface area contributed by atoms with E-state index in [9.17, 15) is 4.79 Å². The predicted molar refractivity (Wildman–Crippen MR) is 73.4 cm³/mol. The van der Waals surface area contributed by atoms with Crippen molar-refractivity contribution in [2.45, 2.75) is 58.7 Å². The van der Waals surface area contributed by atoms with Crippen molar-refractivity contribution in [1.29, 1.82) is 0 Å². The van der Waals surface area contributed by atoms with Crippen LogP contribution in [0.3, 0.4) is 0 Å². The van der Waals surface area contributed by atoms with E-state index >= 15 is 0 Å². The average molecular weight is 265 g/mol. The minimum absolute atomic E-state index is 0.299. The third kappa shape index (κ3) is 2.98. The summed E-state index contributed by atoms with van der Waals surface area (Å²) in [5, 5.41) is 0. The van der Waals surface area contributed by atoms with Crippen LogP contribution in [0.5, 0.6) is 0 Å². The molecule has 0 bridgehead atoms. The lowest BCUT2D eigenvalue weighted by atomic mass is 9.97. The molecule has 1 aliphatic heterocycles. The molecule has 1 amide bonds. The van der Waals surface area contributed by atoms with Crippen molar-refractivity contribution >= 4 is 5.91 Å². The van der Waals surface area contributed by atoms with Crippen LogP contribution in [0.15, 0.2) is 10.5 Å². The molecule has 0 radical (unpaired) electrons. The lowest BCUT2D eigenvalue weighted by Crippen LogP contribution is -2.42. The summed E-state index contributed by atoms with van der Waals surface area (Å²) in [4.78, 5) is 14.0. The molecule has 1 fully saturated rings. The number of piperidine rings is 1. The Morgan fingerprint density at radius 2 is 2.11 bits per heavy atom. The Morgan fingerprint density at radius 1 is 1.47 bits per heavy atom. The number of amides is 1. The van der Waals surface area contributed by atoms with Crippen molar-refractivity contribution in [1.82, 2.24) is 10.3 Å². The van der Waals surface area contributed by atoms with Gasteiger partial charge < -0.3 is 4.42 Å². The molecule has 2 atom stereocenters. The maximum Gasteiger partial charge on any atom is 0.268 e. The molecule has 19 heavy (non-hydrogen) atoms. The molecular weight excluding hydrogens is 242 g/mol. The highest BCUT2D eigenvalue weighted by molar-refractivity contribution is 5.94. The maximum absolute atomic E-state index is 11.6. The smallest absolute Gasteiger partial charge is 0.268 e. The summed E-state index contributed by atoms with van der Waals surface area (Å²) < 4.78 is 5.68. The molecule has 1 aliphatic rings. The van der Waals surface area contributed by atoms with Gasteiger partial charge in [-0.25, -0.2) is 5.84 Å². The van der Waals surface area contributed by atoms with Crippen molar-refractivity contribution in [2.75, 3.05) is 0 Å². The third-order valence-electron chi connectivity index (χ3n) is 4.06. The number of nitrogen functional groups attached to an aromatic ring is 1. The molecule has 1 aromatic rings. The highest BCUT2D eigenvalue weighted by Gasteiger charge is 2.26. The Bertz CT molecular complexity index is 446. The summed E-state index contributed by atoms with van der Waals surface area (Å²) in [7, 11) is 0. The van der Waals surface area contributed by atoms with Gasteiger partial charge in [0, 0.05) is 12.1 Å². The van der Waals surface area contributed by atoms with Gasteiger partial charge in [0.05, 0.1) is 12.1 Å². The molecule has 0 aromatic carbocycles. The number of hydrazine groups is 1. The first kappa shape index (κ1) is 14.1. The third-order valence-corrected chi connectivity index (χ3v) is 4.06. The first-order valence-electron chi connectivity index (χ1n) is 6.89. The fourth-order valence-corrected chi connectivity index (χ4v) is 2.89. The number of carbonyl (C=O) groups is 1. The number of hydrogen-bond acceptors (Lipinski definition) is 4. The van der Waals surface area contributed by atoms with Gasteiger partial charge in [0.25, 0.3) is 5.91 Å². The molecule has 0 aliphatic carbocycles. The molecule has 3 N–H and O–H groups in total. The summed E-state index contributed by atoms with van der Waals surface area (Å²) in [6.07, 6.45) is 3.73. The molecule has 0 saturated carbocycles. The first-order chi connectivity index (χ1) is 9.02. The van der Waals surface area contributed by atoms with Crippen LogP contribution in [0, 0.1) is 6.92 Å². The largest absolute Gasteiger partial charge is 0.464 e. The van der Waals surface area contributed by atoms with Crippen LogP contribution in [0.2, 0.25) is 0 Å². The zero-order chi connectivity index (χ0) is 14.0. The Kier molecular flexibility index (Phi) is 4.27. The van der Waals surface area contributed by atoms with Crippen LogP contribution in [-0.4, -0.2) is 22.9 Å². The van der Waals surface area contributed by atoms with Crippen LogP contribution in [0.25, 0.3) is 0 Å². The van der Waals surface area contributed by atoms with E-state index < -0.39 is 0 Å². The number of hydrogen-bond donors (Lipinski definition) is 2. The molecule has 106 valence electrons. The van der Waals surface area contributed by atoms with Gasteiger partial charge >= 0.3 is 0 Å². The van der Waals surface area contributed by atoms with Crippen LogP contribution in [-0.2, 0) is 6.54 Å². The van der Waals surface area contributed by atoms with E-state index in [0.717, 1.165) is 12.3 Å². The molecule has 5 nitrogen and oxygen atoms in total. The Morgan fingerprint density at radius 3 is 2.68 bits per heavy atom. The quantitative estimate of drug-likeness (QED) is 0.498. The average Bonchev–Trinajstić information content (AvgIpc) is 2.74. The van der Waals surface area contributed by atoms with Gasteiger partial charge in [0.15, 0.2) is 0 Å². The number of nitrogens with two attached hydrogens (primary N) is 1. The molecule has 5 heteroatoms. The molecule has 0 spiro atoms. The van der Waals surface area contributed by atoms with Crippen molar-refractivity contribution in [3.8, 4) is 0 Å². The van der Waals surface area contributed by atoms with Crippen LogP contribution < -0.4 is 11.3 Å². The topological polar surface area (TPSA) is 71.5 Å². The van der Waals surface area contributed by atoms with E-state index in [1.165, 1.54) is 19.3 Å². The van der Waals surface area contributed by atoms with Gasteiger partial charge in [-0.2, -0.15) is 0 Å². The van der Waals surface area contributed by atoms with E-state index in [1.807, 2.05) is 0 Å². The molecule has 1 aromatic heterocycles. The Balaban J connectivity index is 2.12. The highest BCUT2D eigenvalue weighted by Crippen LogP contribution is 2.26. The van der Waals surface area contributed by atoms with E-state index in [2.05, 4.69) is 24.2 Å². The zero-order valence-corrected chi connectivity index (χ0v) is 11.9. The fraction of sp³-hybridized carbons (Fsp3) is 0.643. The van der Waals surface area contributed by atoms with Crippen molar-refractivity contribution < 1.29 is 9.21 Å². The minimum Gasteiger partial charge on any atom is -0.464 e. The summed E-state index contributed by atoms with van der Waals surface area (Å²) in [5.41, 5.74) is 2.67. The second-order valence-corrected chi connectivity index (χ2v) is 5.46. The summed E-state index contributed by atoms with van der Waals surface area (Å²) in [5.74, 6) is 6.31. The van der Waals surface area contributed by atoms with Crippen molar-refractivity contribution in [2.24, 2.45) is 5.84 Å². The monoisotopic (exact) mass is 265 g/mol. The van der Waals surface area contributed by atoms with Gasteiger partial charge in [0.1, 0.15) is 11.5 Å². The number of nitrogens with one attached hydrogen (secondary N) is 1. The number of rotatable bonds is 3. The van der Waals surface area contributed by atoms with Gasteiger partial charge in [-0.3, -0.25) is 15.1 Å². The van der Waals surface area contributed by atoms with E-state index in [-0.39, 0.29) is 5.91 Å².